The minimum absolute atomic E-state index is 0.558. The number of nitrogens with one attached hydrogen (secondary N) is 1. The Labute approximate surface area is 121 Å². The lowest BCUT2D eigenvalue weighted by Crippen LogP contribution is -2.11. The van der Waals surface area contributed by atoms with E-state index < -0.39 is 0 Å². The summed E-state index contributed by atoms with van der Waals surface area (Å²) in [6, 6.07) is 0. The van der Waals surface area contributed by atoms with Crippen LogP contribution in [0.25, 0.3) is 0 Å². The highest BCUT2D eigenvalue weighted by molar-refractivity contribution is 5.54. The first-order valence-corrected chi connectivity index (χ1v) is 7.12. The van der Waals surface area contributed by atoms with E-state index in [0.29, 0.717) is 19.0 Å². The monoisotopic (exact) mass is 282 g/mol. The zero-order valence-electron chi connectivity index (χ0n) is 12.7. The van der Waals surface area contributed by atoms with Gasteiger partial charge in [-0.15, -0.1) is 0 Å². The van der Waals surface area contributed by atoms with E-state index >= 15 is 0 Å². The van der Waals surface area contributed by atoms with Crippen molar-refractivity contribution < 1.29 is 9.47 Å². The van der Waals surface area contributed by atoms with E-state index in [0.717, 1.165) is 49.6 Å². The van der Waals surface area contributed by atoms with E-state index in [1.165, 1.54) is 0 Å². The van der Waals surface area contributed by atoms with Crippen LogP contribution in [0.1, 0.15) is 31.2 Å². The zero-order chi connectivity index (χ0) is 14.8. The van der Waals surface area contributed by atoms with Gasteiger partial charge in [0, 0.05) is 32.2 Å². The molecule has 1 aromatic rings. The summed E-state index contributed by atoms with van der Waals surface area (Å²) < 4.78 is 10.3. The van der Waals surface area contributed by atoms with Gasteiger partial charge in [-0.3, -0.25) is 0 Å². The van der Waals surface area contributed by atoms with Gasteiger partial charge in [0.1, 0.15) is 17.5 Å². The normalized spacial score (nSPS) is 10.8. The molecular formula is C14H26N4O2. The molecule has 0 aliphatic carbocycles. The lowest BCUT2D eigenvalue weighted by atomic mass is 10.2. The molecule has 0 radical (unpaired) electrons. The lowest BCUT2D eigenvalue weighted by molar-refractivity contribution is 0.0691. The smallest absolute Gasteiger partial charge is 0.134 e. The van der Waals surface area contributed by atoms with Gasteiger partial charge in [-0.2, -0.15) is 0 Å². The van der Waals surface area contributed by atoms with Crippen molar-refractivity contribution in [1.82, 2.24) is 9.97 Å². The second-order valence-corrected chi connectivity index (χ2v) is 4.59. The number of nitrogens with zero attached hydrogens (tertiary/aromatic N) is 2. The standard InChI is InChI=1S/C14H26N4O2/c1-4-12-17-13(15)11(2)14(18-12)16-7-5-6-8-20-10-9-19-3/h4-10H2,1-3H3,(H3,15,16,17,18). The largest absolute Gasteiger partial charge is 0.383 e. The number of hydrogen-bond donors (Lipinski definition) is 2. The van der Waals surface area contributed by atoms with Crippen molar-refractivity contribution in [2.75, 3.05) is 44.5 Å². The van der Waals surface area contributed by atoms with Crippen LogP contribution in [0.15, 0.2) is 0 Å². The molecule has 20 heavy (non-hydrogen) atoms. The van der Waals surface area contributed by atoms with Crippen LogP contribution in [0.5, 0.6) is 0 Å². The Balaban J connectivity index is 2.26. The number of unbranched alkanes of at least 4 members (excludes halogenated alkanes) is 1. The number of rotatable bonds is 10. The second kappa shape index (κ2) is 9.50. The Bertz CT molecular complexity index is 399. The van der Waals surface area contributed by atoms with Gasteiger partial charge in [-0.1, -0.05) is 6.92 Å². The Morgan fingerprint density at radius 1 is 1.15 bits per heavy atom. The van der Waals surface area contributed by atoms with Gasteiger partial charge in [-0.05, 0) is 19.8 Å². The van der Waals surface area contributed by atoms with Gasteiger partial charge in [0.25, 0.3) is 0 Å². The van der Waals surface area contributed by atoms with Crippen molar-refractivity contribution >= 4 is 11.6 Å². The zero-order valence-corrected chi connectivity index (χ0v) is 12.7. The molecule has 0 aliphatic heterocycles. The average molecular weight is 282 g/mol. The lowest BCUT2D eigenvalue weighted by Gasteiger charge is -2.11. The fraction of sp³-hybridized carbons (Fsp3) is 0.714. The van der Waals surface area contributed by atoms with Crippen LogP contribution in [0.3, 0.4) is 0 Å². The molecule has 1 heterocycles. The third-order valence-electron chi connectivity index (χ3n) is 2.99. The Morgan fingerprint density at radius 3 is 2.65 bits per heavy atom. The molecule has 0 unspecified atom stereocenters. The van der Waals surface area contributed by atoms with Gasteiger partial charge in [0.15, 0.2) is 0 Å². The number of aromatic nitrogens is 2. The van der Waals surface area contributed by atoms with Crippen LogP contribution in [-0.2, 0) is 15.9 Å². The molecule has 6 heteroatoms. The number of nitrogens with two attached hydrogens (primary N) is 1. The van der Waals surface area contributed by atoms with Crippen LogP contribution in [0.2, 0.25) is 0 Å². The molecule has 1 aromatic heterocycles. The van der Waals surface area contributed by atoms with Crippen molar-refractivity contribution in [3.8, 4) is 0 Å². The SMILES string of the molecule is CCc1nc(N)c(C)c(NCCCCOCCOC)n1. The molecule has 0 spiro atoms. The summed E-state index contributed by atoms with van der Waals surface area (Å²) >= 11 is 0. The molecule has 0 fully saturated rings. The molecule has 0 saturated heterocycles. The van der Waals surface area contributed by atoms with Crippen LogP contribution in [-0.4, -0.2) is 43.4 Å². The molecular weight excluding hydrogens is 256 g/mol. The van der Waals surface area contributed by atoms with Gasteiger partial charge in [-0.25, -0.2) is 9.97 Å². The van der Waals surface area contributed by atoms with E-state index in [4.69, 9.17) is 15.2 Å². The van der Waals surface area contributed by atoms with Crippen LogP contribution in [0, 0.1) is 6.92 Å². The van der Waals surface area contributed by atoms with Crippen molar-refractivity contribution in [2.45, 2.75) is 33.1 Å². The Kier molecular flexibility index (Phi) is 7.91. The highest BCUT2D eigenvalue weighted by Crippen LogP contribution is 2.17. The molecule has 0 amide bonds. The minimum atomic E-state index is 0.558. The highest BCUT2D eigenvalue weighted by Gasteiger charge is 2.06. The molecule has 0 atom stereocenters. The van der Waals surface area contributed by atoms with Gasteiger partial charge in [0.2, 0.25) is 0 Å². The third-order valence-corrected chi connectivity index (χ3v) is 2.99. The van der Waals surface area contributed by atoms with Gasteiger partial charge >= 0.3 is 0 Å². The predicted molar refractivity (Wildman–Crippen MR) is 81.0 cm³/mol. The summed E-state index contributed by atoms with van der Waals surface area (Å²) in [5, 5.41) is 3.32. The first-order chi connectivity index (χ1) is 9.69. The van der Waals surface area contributed by atoms with E-state index in [1.54, 1.807) is 7.11 Å². The first-order valence-electron chi connectivity index (χ1n) is 7.12. The average Bonchev–Trinajstić information content (AvgIpc) is 2.45. The van der Waals surface area contributed by atoms with Crippen LogP contribution in [0.4, 0.5) is 11.6 Å². The molecule has 6 nitrogen and oxygen atoms in total. The van der Waals surface area contributed by atoms with Crippen LogP contribution < -0.4 is 11.1 Å². The summed E-state index contributed by atoms with van der Waals surface area (Å²) in [7, 11) is 1.67. The molecule has 0 saturated carbocycles. The number of nitrogen functional groups attached to an aromatic ring is 1. The predicted octanol–water partition coefficient (Wildman–Crippen LogP) is 1.78. The Hall–Kier alpha value is -1.40. The van der Waals surface area contributed by atoms with Crippen molar-refractivity contribution in [1.29, 1.82) is 0 Å². The maximum Gasteiger partial charge on any atom is 0.134 e. The number of anilines is 2. The third kappa shape index (κ3) is 5.71. The fourth-order valence-electron chi connectivity index (χ4n) is 1.69. The fourth-order valence-corrected chi connectivity index (χ4v) is 1.69. The number of hydrogen-bond acceptors (Lipinski definition) is 6. The van der Waals surface area contributed by atoms with Crippen molar-refractivity contribution in [2.24, 2.45) is 0 Å². The summed E-state index contributed by atoms with van der Waals surface area (Å²) in [6.07, 6.45) is 2.82. The van der Waals surface area contributed by atoms with E-state index in [-0.39, 0.29) is 0 Å². The molecule has 1 rings (SSSR count). The quantitative estimate of drug-likeness (QED) is 0.637. The molecule has 0 bridgehead atoms. The molecule has 114 valence electrons. The van der Waals surface area contributed by atoms with Gasteiger partial charge < -0.3 is 20.5 Å². The topological polar surface area (TPSA) is 82.3 Å². The maximum absolute atomic E-state index is 5.87. The van der Waals surface area contributed by atoms with E-state index in [9.17, 15) is 0 Å². The maximum atomic E-state index is 5.87. The van der Waals surface area contributed by atoms with Gasteiger partial charge in [0.05, 0.1) is 13.2 Å². The number of aryl methyl sites for hydroxylation is 1. The van der Waals surface area contributed by atoms with E-state index in [2.05, 4.69) is 15.3 Å². The van der Waals surface area contributed by atoms with E-state index in [1.807, 2.05) is 13.8 Å². The molecule has 0 aromatic carbocycles. The summed E-state index contributed by atoms with van der Waals surface area (Å²) in [5.41, 5.74) is 6.79. The van der Waals surface area contributed by atoms with Crippen LogP contribution >= 0.6 is 0 Å². The second-order valence-electron chi connectivity index (χ2n) is 4.59. The summed E-state index contributed by atoms with van der Waals surface area (Å²) in [4.78, 5) is 8.69. The number of methoxy groups -OCH3 is 1. The van der Waals surface area contributed by atoms with Crippen molar-refractivity contribution in [3.05, 3.63) is 11.4 Å². The minimum Gasteiger partial charge on any atom is -0.383 e. The highest BCUT2D eigenvalue weighted by atomic mass is 16.5. The molecule has 0 aliphatic rings. The summed E-state index contributed by atoms with van der Waals surface area (Å²) in [5.74, 6) is 2.18. The van der Waals surface area contributed by atoms with Crippen molar-refractivity contribution in [3.63, 3.8) is 0 Å². The first kappa shape index (κ1) is 16.7. The number of ether oxygens (including phenoxy) is 2. The molecule has 3 N–H and O–H groups in total. The Morgan fingerprint density at radius 2 is 1.95 bits per heavy atom. The summed E-state index contributed by atoms with van der Waals surface area (Å²) in [6.45, 7) is 6.88.